The first-order chi connectivity index (χ1) is 9.01. The number of hydrogen-bond acceptors (Lipinski definition) is 2. The molecule has 0 aliphatic rings. The fraction of sp³-hybridized carbons (Fsp3) is 0.500. The van der Waals surface area contributed by atoms with Crippen LogP contribution >= 0.6 is 27.5 Å². The molecule has 0 aromatic heterocycles. The monoisotopic (exact) mass is 347 g/mol. The van der Waals surface area contributed by atoms with E-state index in [1.165, 1.54) is 0 Å². The molecule has 0 bridgehead atoms. The van der Waals surface area contributed by atoms with Crippen molar-refractivity contribution in [3.63, 3.8) is 0 Å². The Morgan fingerprint density at radius 1 is 1.47 bits per heavy atom. The highest BCUT2D eigenvalue weighted by atomic mass is 79.9. The summed E-state index contributed by atoms with van der Waals surface area (Å²) in [4.78, 5) is 14.4. The molecule has 0 fully saturated rings. The molecular weight excluding hydrogens is 330 g/mol. The van der Waals surface area contributed by atoms with E-state index in [4.69, 9.17) is 16.3 Å². The van der Waals surface area contributed by atoms with Gasteiger partial charge >= 0.3 is 0 Å². The molecule has 3 nitrogen and oxygen atoms in total. The van der Waals surface area contributed by atoms with E-state index in [-0.39, 0.29) is 11.9 Å². The minimum Gasteiger partial charge on any atom is -0.497 e. The number of halogens is 2. The molecule has 0 atom stereocenters. The lowest BCUT2D eigenvalue weighted by molar-refractivity contribution is 0.0705. The summed E-state index contributed by atoms with van der Waals surface area (Å²) in [5.74, 6) is 1.22. The van der Waals surface area contributed by atoms with E-state index in [9.17, 15) is 4.79 Å². The summed E-state index contributed by atoms with van der Waals surface area (Å²) in [6.45, 7) is 4.66. The lowest BCUT2D eigenvalue weighted by atomic mass is 10.1. The molecule has 1 aromatic carbocycles. The van der Waals surface area contributed by atoms with Gasteiger partial charge in [-0.05, 0) is 54.4 Å². The van der Waals surface area contributed by atoms with Crippen molar-refractivity contribution in [3.8, 4) is 5.75 Å². The van der Waals surface area contributed by atoms with E-state index in [1.807, 2.05) is 30.9 Å². The van der Waals surface area contributed by atoms with Crippen LogP contribution in [0.15, 0.2) is 22.7 Å². The van der Waals surface area contributed by atoms with Crippen LogP contribution in [0.2, 0.25) is 0 Å². The maximum Gasteiger partial charge on any atom is 0.255 e. The van der Waals surface area contributed by atoms with Gasteiger partial charge in [0.2, 0.25) is 0 Å². The van der Waals surface area contributed by atoms with E-state index in [1.54, 1.807) is 13.2 Å². The number of ether oxygens (including phenoxy) is 1. The summed E-state index contributed by atoms with van der Waals surface area (Å²) >= 11 is 9.13. The third kappa shape index (κ3) is 4.39. The molecule has 0 saturated carbocycles. The SMILES string of the molecule is COc1ccc(Br)c(C(=O)N(CCCCl)C(C)C)c1. The van der Waals surface area contributed by atoms with Crippen molar-refractivity contribution in [3.05, 3.63) is 28.2 Å². The standard InChI is InChI=1S/C14H19BrClNO2/c1-10(2)17(8-4-7-16)14(18)12-9-11(19-3)5-6-13(12)15/h5-6,9-10H,4,7-8H2,1-3H3. The first-order valence-corrected chi connectivity index (χ1v) is 7.54. The van der Waals surface area contributed by atoms with Crippen molar-refractivity contribution in [1.82, 2.24) is 4.90 Å². The largest absolute Gasteiger partial charge is 0.497 e. The number of amides is 1. The molecule has 0 unspecified atom stereocenters. The van der Waals surface area contributed by atoms with Gasteiger partial charge in [0.25, 0.3) is 5.91 Å². The lowest BCUT2D eigenvalue weighted by Gasteiger charge is -2.27. The van der Waals surface area contributed by atoms with Crippen LogP contribution in [0.4, 0.5) is 0 Å². The number of benzene rings is 1. The Balaban J connectivity index is 3.01. The van der Waals surface area contributed by atoms with Crippen molar-refractivity contribution >= 4 is 33.4 Å². The molecule has 1 amide bonds. The van der Waals surface area contributed by atoms with Gasteiger partial charge in [-0.3, -0.25) is 4.79 Å². The fourth-order valence-electron chi connectivity index (χ4n) is 1.77. The number of alkyl halides is 1. The van der Waals surface area contributed by atoms with Crippen LogP contribution in [0.3, 0.4) is 0 Å². The van der Waals surface area contributed by atoms with Crippen LogP contribution in [0.25, 0.3) is 0 Å². The maximum absolute atomic E-state index is 12.6. The van der Waals surface area contributed by atoms with Gasteiger partial charge in [0.15, 0.2) is 0 Å². The molecule has 0 saturated heterocycles. The molecule has 1 aromatic rings. The van der Waals surface area contributed by atoms with Crippen LogP contribution in [0, 0.1) is 0 Å². The normalized spacial score (nSPS) is 10.6. The topological polar surface area (TPSA) is 29.5 Å². The third-order valence-electron chi connectivity index (χ3n) is 2.82. The van der Waals surface area contributed by atoms with Gasteiger partial charge in [0.1, 0.15) is 5.75 Å². The van der Waals surface area contributed by atoms with Crippen molar-refractivity contribution in [2.24, 2.45) is 0 Å². The third-order valence-corrected chi connectivity index (χ3v) is 3.78. The Morgan fingerprint density at radius 3 is 2.68 bits per heavy atom. The first kappa shape index (κ1) is 16.3. The van der Waals surface area contributed by atoms with Crippen LogP contribution in [0.1, 0.15) is 30.6 Å². The summed E-state index contributed by atoms with van der Waals surface area (Å²) in [5.41, 5.74) is 0.614. The van der Waals surface area contributed by atoms with Gasteiger partial charge in [-0.15, -0.1) is 11.6 Å². The second-order valence-corrected chi connectivity index (χ2v) is 5.71. The predicted molar refractivity (Wildman–Crippen MR) is 82.2 cm³/mol. The van der Waals surface area contributed by atoms with Crippen molar-refractivity contribution in [2.45, 2.75) is 26.3 Å². The van der Waals surface area contributed by atoms with Crippen molar-refractivity contribution < 1.29 is 9.53 Å². The molecule has 0 N–H and O–H groups in total. The van der Waals surface area contributed by atoms with E-state index in [0.717, 1.165) is 10.9 Å². The number of rotatable bonds is 6. The number of carbonyl (C=O) groups is 1. The van der Waals surface area contributed by atoms with Gasteiger partial charge in [-0.2, -0.15) is 0 Å². The van der Waals surface area contributed by atoms with Crippen molar-refractivity contribution in [2.75, 3.05) is 19.5 Å². The minimum absolute atomic E-state index is 0.00843. The Hall–Kier alpha value is -0.740. The molecule has 5 heteroatoms. The molecule has 0 spiro atoms. The summed E-state index contributed by atoms with van der Waals surface area (Å²) in [5, 5.41) is 0. The Kier molecular flexibility index (Phi) is 6.66. The second-order valence-electron chi connectivity index (χ2n) is 4.48. The smallest absolute Gasteiger partial charge is 0.255 e. The number of nitrogens with zero attached hydrogens (tertiary/aromatic N) is 1. The average Bonchev–Trinajstić information content (AvgIpc) is 2.39. The van der Waals surface area contributed by atoms with Crippen LogP contribution in [0.5, 0.6) is 5.75 Å². The molecule has 106 valence electrons. The van der Waals surface area contributed by atoms with Crippen LogP contribution < -0.4 is 4.74 Å². The number of methoxy groups -OCH3 is 1. The number of hydrogen-bond donors (Lipinski definition) is 0. The van der Waals surface area contributed by atoms with Gasteiger partial charge in [0.05, 0.1) is 12.7 Å². The first-order valence-electron chi connectivity index (χ1n) is 6.21. The fourth-order valence-corrected chi connectivity index (χ4v) is 2.31. The molecule has 0 heterocycles. The summed E-state index contributed by atoms with van der Waals surface area (Å²) in [7, 11) is 1.59. The van der Waals surface area contributed by atoms with Gasteiger partial charge in [0, 0.05) is 22.9 Å². The Morgan fingerprint density at radius 2 is 2.16 bits per heavy atom. The van der Waals surface area contributed by atoms with Crippen molar-refractivity contribution in [1.29, 1.82) is 0 Å². The second kappa shape index (κ2) is 7.75. The minimum atomic E-state index is -0.00843. The quantitative estimate of drug-likeness (QED) is 0.729. The molecule has 0 aliphatic carbocycles. The van der Waals surface area contributed by atoms with E-state index in [0.29, 0.717) is 23.7 Å². The zero-order valence-corrected chi connectivity index (χ0v) is 13.8. The Bertz CT molecular complexity index is 437. The maximum atomic E-state index is 12.6. The predicted octanol–water partition coefficient (Wildman–Crippen LogP) is 3.94. The molecule has 0 aliphatic heterocycles. The summed E-state index contributed by atoms with van der Waals surface area (Å²) in [6, 6.07) is 5.53. The zero-order valence-electron chi connectivity index (χ0n) is 11.5. The van der Waals surface area contributed by atoms with Crippen LogP contribution in [-0.4, -0.2) is 36.4 Å². The Labute approximate surface area is 128 Å². The highest BCUT2D eigenvalue weighted by Gasteiger charge is 2.20. The summed E-state index contributed by atoms with van der Waals surface area (Å²) in [6.07, 6.45) is 0.785. The van der Waals surface area contributed by atoms with E-state index in [2.05, 4.69) is 15.9 Å². The molecule has 0 radical (unpaired) electrons. The van der Waals surface area contributed by atoms with Gasteiger partial charge in [-0.25, -0.2) is 0 Å². The molecule has 19 heavy (non-hydrogen) atoms. The highest BCUT2D eigenvalue weighted by Crippen LogP contribution is 2.24. The lowest BCUT2D eigenvalue weighted by Crippen LogP contribution is -2.38. The highest BCUT2D eigenvalue weighted by molar-refractivity contribution is 9.10. The average molecular weight is 349 g/mol. The zero-order chi connectivity index (χ0) is 14.4. The van der Waals surface area contributed by atoms with Gasteiger partial charge in [-0.1, -0.05) is 0 Å². The molecular formula is C14H19BrClNO2. The molecule has 1 rings (SSSR count). The summed E-state index contributed by atoms with van der Waals surface area (Å²) < 4.78 is 5.94. The van der Waals surface area contributed by atoms with E-state index < -0.39 is 0 Å². The number of carbonyl (C=O) groups excluding carboxylic acids is 1. The van der Waals surface area contributed by atoms with E-state index >= 15 is 0 Å². The van der Waals surface area contributed by atoms with Gasteiger partial charge < -0.3 is 9.64 Å². The van der Waals surface area contributed by atoms with Crippen LogP contribution in [-0.2, 0) is 0 Å².